The van der Waals surface area contributed by atoms with Crippen LogP contribution in [0.5, 0.6) is 0 Å². The highest BCUT2D eigenvalue weighted by molar-refractivity contribution is 7.99. The first-order valence-corrected chi connectivity index (χ1v) is 6.58. The molecule has 2 aromatic rings. The number of carbonyl (C=O) groups excluding carboxylic acids is 1. The summed E-state index contributed by atoms with van der Waals surface area (Å²) in [6, 6.07) is 12.1. The normalized spacial score (nSPS) is 10.4. The quantitative estimate of drug-likeness (QED) is 0.899. The Morgan fingerprint density at radius 3 is 2.94 bits per heavy atom. The lowest BCUT2D eigenvalue weighted by Crippen LogP contribution is -2.19. The molecule has 17 heavy (non-hydrogen) atoms. The summed E-state index contributed by atoms with van der Waals surface area (Å²) in [5.74, 6) is 1.29. The SMILES string of the molecule is CNC(=O)CSCc1ccc2ccccc2n1. The number of carbonyl (C=O) groups is 1. The van der Waals surface area contributed by atoms with Crippen LogP contribution >= 0.6 is 11.8 Å². The lowest BCUT2D eigenvalue weighted by atomic mass is 10.2. The van der Waals surface area contributed by atoms with E-state index in [4.69, 9.17) is 0 Å². The van der Waals surface area contributed by atoms with Crippen molar-refractivity contribution < 1.29 is 4.79 Å². The molecule has 0 fully saturated rings. The highest BCUT2D eigenvalue weighted by Gasteiger charge is 2.01. The van der Waals surface area contributed by atoms with Crippen molar-refractivity contribution in [1.82, 2.24) is 10.3 Å². The Bertz CT molecular complexity index is 528. The fraction of sp³-hybridized carbons (Fsp3) is 0.231. The second-order valence-electron chi connectivity index (χ2n) is 3.66. The van der Waals surface area contributed by atoms with E-state index in [0.29, 0.717) is 5.75 Å². The average Bonchev–Trinajstić information content (AvgIpc) is 2.38. The molecule has 1 heterocycles. The van der Waals surface area contributed by atoms with E-state index in [9.17, 15) is 4.79 Å². The summed E-state index contributed by atoms with van der Waals surface area (Å²) in [5.41, 5.74) is 2.02. The van der Waals surface area contributed by atoms with Gasteiger partial charge in [-0.1, -0.05) is 24.3 Å². The molecular formula is C13H14N2OS. The van der Waals surface area contributed by atoms with Crippen LogP contribution in [0, 0.1) is 0 Å². The summed E-state index contributed by atoms with van der Waals surface area (Å²) in [4.78, 5) is 15.6. The number of aromatic nitrogens is 1. The van der Waals surface area contributed by atoms with Crippen LogP contribution in [0.15, 0.2) is 36.4 Å². The fourth-order valence-corrected chi connectivity index (χ4v) is 2.31. The zero-order valence-electron chi connectivity index (χ0n) is 9.64. The Morgan fingerprint density at radius 2 is 2.12 bits per heavy atom. The first-order valence-electron chi connectivity index (χ1n) is 5.42. The van der Waals surface area contributed by atoms with Gasteiger partial charge in [0.15, 0.2) is 0 Å². The van der Waals surface area contributed by atoms with Crippen molar-refractivity contribution in [2.75, 3.05) is 12.8 Å². The third-order valence-electron chi connectivity index (χ3n) is 2.42. The lowest BCUT2D eigenvalue weighted by molar-refractivity contribution is -0.118. The largest absolute Gasteiger partial charge is 0.358 e. The molecule has 0 saturated heterocycles. The molecule has 0 aliphatic heterocycles. The van der Waals surface area contributed by atoms with Crippen molar-refractivity contribution in [2.24, 2.45) is 0 Å². The van der Waals surface area contributed by atoms with Gasteiger partial charge in [-0.15, -0.1) is 11.8 Å². The number of fused-ring (bicyclic) bond motifs is 1. The number of nitrogens with one attached hydrogen (secondary N) is 1. The van der Waals surface area contributed by atoms with Crippen molar-refractivity contribution in [3.63, 3.8) is 0 Å². The van der Waals surface area contributed by atoms with Gasteiger partial charge in [0.1, 0.15) is 0 Å². The first-order chi connectivity index (χ1) is 8.29. The van der Waals surface area contributed by atoms with Gasteiger partial charge in [0.05, 0.1) is 17.0 Å². The average molecular weight is 246 g/mol. The Labute approximate surface area is 105 Å². The van der Waals surface area contributed by atoms with Gasteiger partial charge in [-0.05, 0) is 12.1 Å². The third-order valence-corrected chi connectivity index (χ3v) is 3.38. The van der Waals surface area contributed by atoms with E-state index in [1.807, 2.05) is 30.3 Å². The summed E-state index contributed by atoms with van der Waals surface area (Å²) >= 11 is 1.57. The number of rotatable bonds is 4. The molecule has 0 aliphatic carbocycles. The number of hydrogen-bond acceptors (Lipinski definition) is 3. The van der Waals surface area contributed by atoms with Crippen molar-refractivity contribution in [1.29, 1.82) is 0 Å². The Morgan fingerprint density at radius 1 is 1.29 bits per heavy atom. The van der Waals surface area contributed by atoms with Crippen LogP contribution in [0.2, 0.25) is 0 Å². The first kappa shape index (κ1) is 11.9. The number of para-hydroxylation sites is 1. The van der Waals surface area contributed by atoms with Gasteiger partial charge in [-0.3, -0.25) is 9.78 Å². The number of thioether (sulfide) groups is 1. The maximum absolute atomic E-state index is 11.1. The van der Waals surface area contributed by atoms with Gasteiger partial charge in [0.2, 0.25) is 5.91 Å². The molecule has 0 radical (unpaired) electrons. The van der Waals surface area contributed by atoms with Crippen LogP contribution < -0.4 is 5.32 Å². The summed E-state index contributed by atoms with van der Waals surface area (Å²) in [6.07, 6.45) is 0. The van der Waals surface area contributed by atoms with Gasteiger partial charge in [-0.25, -0.2) is 0 Å². The van der Waals surface area contributed by atoms with Crippen molar-refractivity contribution in [3.8, 4) is 0 Å². The molecule has 0 spiro atoms. The minimum atomic E-state index is 0.0517. The van der Waals surface area contributed by atoms with Crippen molar-refractivity contribution in [3.05, 3.63) is 42.1 Å². The summed E-state index contributed by atoms with van der Waals surface area (Å²) in [7, 11) is 1.65. The molecule has 3 nitrogen and oxygen atoms in total. The van der Waals surface area contributed by atoms with Crippen LogP contribution in [0.1, 0.15) is 5.69 Å². The molecule has 0 atom stereocenters. The van der Waals surface area contributed by atoms with E-state index in [1.165, 1.54) is 0 Å². The zero-order valence-corrected chi connectivity index (χ0v) is 10.5. The van der Waals surface area contributed by atoms with Crippen LogP contribution in [0.4, 0.5) is 0 Å². The molecule has 0 saturated carbocycles. The topological polar surface area (TPSA) is 42.0 Å². The second-order valence-corrected chi connectivity index (χ2v) is 4.65. The summed E-state index contributed by atoms with van der Waals surface area (Å²) in [5, 5.41) is 3.75. The van der Waals surface area contributed by atoms with E-state index in [1.54, 1.807) is 18.8 Å². The molecule has 88 valence electrons. The maximum Gasteiger partial charge on any atom is 0.229 e. The van der Waals surface area contributed by atoms with E-state index in [-0.39, 0.29) is 5.91 Å². The minimum Gasteiger partial charge on any atom is -0.358 e. The molecule has 1 aromatic carbocycles. The van der Waals surface area contributed by atoms with E-state index >= 15 is 0 Å². The Hall–Kier alpha value is -1.55. The molecule has 1 aromatic heterocycles. The molecule has 2 rings (SSSR count). The standard InChI is InChI=1S/C13H14N2OS/c1-14-13(16)9-17-8-11-7-6-10-4-2-3-5-12(10)15-11/h2-7H,8-9H2,1H3,(H,14,16). The Kier molecular flexibility index (Phi) is 3.98. The van der Waals surface area contributed by atoms with Crippen molar-refractivity contribution >= 4 is 28.6 Å². The van der Waals surface area contributed by atoms with E-state index in [2.05, 4.69) is 16.4 Å². The van der Waals surface area contributed by atoms with Crippen LogP contribution in [0.3, 0.4) is 0 Å². The van der Waals surface area contributed by atoms with Crippen LogP contribution in [0.25, 0.3) is 10.9 Å². The Balaban J connectivity index is 2.02. The highest BCUT2D eigenvalue weighted by atomic mass is 32.2. The second kappa shape index (κ2) is 5.68. The summed E-state index contributed by atoms with van der Waals surface area (Å²) < 4.78 is 0. The van der Waals surface area contributed by atoms with Gasteiger partial charge in [-0.2, -0.15) is 0 Å². The molecular weight excluding hydrogens is 232 g/mol. The lowest BCUT2D eigenvalue weighted by Gasteiger charge is -2.02. The van der Waals surface area contributed by atoms with Gasteiger partial charge >= 0.3 is 0 Å². The van der Waals surface area contributed by atoms with E-state index in [0.717, 1.165) is 22.3 Å². The molecule has 1 amide bonds. The minimum absolute atomic E-state index is 0.0517. The molecule has 0 unspecified atom stereocenters. The number of nitrogens with zero attached hydrogens (tertiary/aromatic N) is 1. The van der Waals surface area contributed by atoms with Crippen molar-refractivity contribution in [2.45, 2.75) is 5.75 Å². The maximum atomic E-state index is 11.1. The monoisotopic (exact) mass is 246 g/mol. The predicted molar refractivity (Wildman–Crippen MR) is 72.0 cm³/mol. The fourth-order valence-electron chi connectivity index (χ4n) is 1.51. The molecule has 0 aliphatic rings. The number of pyridine rings is 1. The van der Waals surface area contributed by atoms with Gasteiger partial charge in [0, 0.05) is 18.2 Å². The predicted octanol–water partition coefficient (Wildman–Crippen LogP) is 2.21. The van der Waals surface area contributed by atoms with Crippen LogP contribution in [-0.2, 0) is 10.5 Å². The smallest absolute Gasteiger partial charge is 0.229 e. The third kappa shape index (κ3) is 3.20. The van der Waals surface area contributed by atoms with Gasteiger partial charge in [0.25, 0.3) is 0 Å². The summed E-state index contributed by atoms with van der Waals surface area (Å²) in [6.45, 7) is 0. The zero-order chi connectivity index (χ0) is 12.1. The number of benzene rings is 1. The molecule has 1 N–H and O–H groups in total. The molecule has 4 heteroatoms. The highest BCUT2D eigenvalue weighted by Crippen LogP contribution is 2.15. The van der Waals surface area contributed by atoms with Gasteiger partial charge < -0.3 is 5.32 Å². The number of amides is 1. The van der Waals surface area contributed by atoms with E-state index < -0.39 is 0 Å². The number of hydrogen-bond donors (Lipinski definition) is 1. The van der Waals surface area contributed by atoms with Crippen LogP contribution in [-0.4, -0.2) is 23.7 Å². The molecule has 0 bridgehead atoms.